The normalized spacial score (nSPS) is 12.2. The molecule has 0 aliphatic carbocycles. The van der Waals surface area contributed by atoms with E-state index in [1.807, 2.05) is 5.32 Å². The van der Waals surface area contributed by atoms with Crippen molar-refractivity contribution in [2.75, 3.05) is 5.32 Å². The van der Waals surface area contributed by atoms with Crippen LogP contribution in [0, 0.1) is 0 Å². The largest absolute Gasteiger partial charge is 0.434 e. The smallest absolute Gasteiger partial charge is 0.329 e. The Morgan fingerprint density at radius 3 is 2.45 bits per heavy atom. The third-order valence-corrected chi connectivity index (χ3v) is 4.49. The summed E-state index contributed by atoms with van der Waals surface area (Å²) in [5.41, 5.74) is -5.03. The number of amides is 1. The molecule has 170 valence electrons. The molecule has 0 radical (unpaired) electrons. The van der Waals surface area contributed by atoms with Crippen LogP contribution >= 0.6 is 0 Å². The third kappa shape index (κ3) is 4.14. The molecule has 1 amide bonds. The van der Waals surface area contributed by atoms with Gasteiger partial charge in [-0.3, -0.25) is 19.6 Å². The highest BCUT2D eigenvalue weighted by molar-refractivity contribution is 6.05. The topological polar surface area (TPSA) is 106 Å². The summed E-state index contributed by atoms with van der Waals surface area (Å²) < 4.78 is 80.7. The van der Waals surface area contributed by atoms with E-state index >= 15 is 0 Å². The molecule has 2 N–H and O–H groups in total. The van der Waals surface area contributed by atoms with Crippen molar-refractivity contribution in [3.63, 3.8) is 0 Å². The number of rotatable bonds is 3. The van der Waals surface area contributed by atoms with E-state index in [0.717, 1.165) is 24.7 Å². The van der Waals surface area contributed by atoms with Gasteiger partial charge < -0.3 is 10.3 Å². The molecule has 4 aromatic heterocycles. The number of aromatic nitrogens is 5. The third-order valence-electron chi connectivity index (χ3n) is 4.49. The van der Waals surface area contributed by atoms with Gasteiger partial charge in [0.15, 0.2) is 5.69 Å². The SMILES string of the molecule is O=C(Nc1ccnc(C(F)(F)F)c1)c1cnn(-c2cncc3c(=O)[nH]ccc23)c1C(F)(F)F. The van der Waals surface area contributed by atoms with Gasteiger partial charge in [0.1, 0.15) is 5.69 Å². The number of H-pyrrole nitrogens is 1. The highest BCUT2D eigenvalue weighted by Crippen LogP contribution is 2.35. The van der Waals surface area contributed by atoms with Gasteiger partial charge in [-0.15, -0.1) is 0 Å². The Labute approximate surface area is 178 Å². The molecule has 0 aliphatic rings. The lowest BCUT2D eigenvalue weighted by atomic mass is 10.1. The van der Waals surface area contributed by atoms with Crippen LogP contribution in [0.1, 0.15) is 21.7 Å². The Morgan fingerprint density at radius 1 is 1.00 bits per heavy atom. The second kappa shape index (κ2) is 7.72. The van der Waals surface area contributed by atoms with E-state index in [1.54, 1.807) is 0 Å². The van der Waals surface area contributed by atoms with Gasteiger partial charge in [-0.2, -0.15) is 31.4 Å². The summed E-state index contributed by atoms with van der Waals surface area (Å²) in [5.74, 6) is -1.35. The summed E-state index contributed by atoms with van der Waals surface area (Å²) in [7, 11) is 0. The van der Waals surface area contributed by atoms with Crippen LogP contribution in [0.5, 0.6) is 0 Å². The summed E-state index contributed by atoms with van der Waals surface area (Å²) >= 11 is 0. The van der Waals surface area contributed by atoms with Crippen molar-refractivity contribution in [3.05, 3.63) is 76.5 Å². The van der Waals surface area contributed by atoms with E-state index in [9.17, 15) is 35.9 Å². The van der Waals surface area contributed by atoms with Gasteiger partial charge in [-0.1, -0.05) is 0 Å². The monoisotopic (exact) mass is 468 g/mol. The maximum atomic E-state index is 13.9. The fourth-order valence-corrected chi connectivity index (χ4v) is 3.09. The van der Waals surface area contributed by atoms with Crippen LogP contribution in [0.15, 0.2) is 54.0 Å². The molecule has 0 saturated carbocycles. The molecule has 0 fully saturated rings. The molecule has 33 heavy (non-hydrogen) atoms. The Hall–Kier alpha value is -4.23. The maximum Gasteiger partial charge on any atom is 0.434 e. The van der Waals surface area contributed by atoms with E-state index in [0.29, 0.717) is 16.9 Å². The zero-order valence-electron chi connectivity index (χ0n) is 16.0. The van der Waals surface area contributed by atoms with Crippen molar-refractivity contribution >= 4 is 22.4 Å². The highest BCUT2D eigenvalue weighted by Gasteiger charge is 2.41. The number of hydrogen-bond donors (Lipinski definition) is 2. The van der Waals surface area contributed by atoms with Crippen molar-refractivity contribution in [1.82, 2.24) is 24.7 Å². The van der Waals surface area contributed by atoms with Gasteiger partial charge >= 0.3 is 12.4 Å². The molecule has 0 atom stereocenters. The first-order valence-electron chi connectivity index (χ1n) is 8.92. The van der Waals surface area contributed by atoms with Crippen LogP contribution in [-0.2, 0) is 12.4 Å². The number of pyridine rings is 3. The second-order valence-corrected chi connectivity index (χ2v) is 6.62. The quantitative estimate of drug-likeness (QED) is 0.445. The van der Waals surface area contributed by atoms with Crippen molar-refractivity contribution in [3.8, 4) is 5.69 Å². The fraction of sp³-hybridized carbons (Fsp3) is 0.105. The van der Waals surface area contributed by atoms with Crippen molar-refractivity contribution in [1.29, 1.82) is 0 Å². The number of hydrogen-bond acceptors (Lipinski definition) is 5. The molecular formula is C19H10F6N6O2. The van der Waals surface area contributed by atoms with Crippen molar-refractivity contribution in [2.24, 2.45) is 0 Å². The minimum Gasteiger partial charge on any atom is -0.329 e. The molecule has 0 unspecified atom stereocenters. The minimum atomic E-state index is -5.10. The number of fused-ring (bicyclic) bond motifs is 1. The van der Waals surface area contributed by atoms with E-state index in [1.165, 1.54) is 12.3 Å². The number of carbonyl (C=O) groups is 1. The average molecular weight is 468 g/mol. The molecular weight excluding hydrogens is 458 g/mol. The first-order chi connectivity index (χ1) is 15.5. The van der Waals surface area contributed by atoms with Gasteiger partial charge in [0, 0.05) is 29.7 Å². The number of nitrogens with zero attached hydrogens (tertiary/aromatic N) is 4. The van der Waals surface area contributed by atoms with Gasteiger partial charge in [-0.05, 0) is 18.2 Å². The van der Waals surface area contributed by atoms with Crippen LogP contribution in [0.25, 0.3) is 16.5 Å². The summed E-state index contributed by atoms with van der Waals surface area (Å²) in [6, 6.07) is 2.81. The number of alkyl halides is 6. The lowest BCUT2D eigenvalue weighted by molar-refractivity contribution is -0.143. The Kier molecular flexibility index (Phi) is 5.14. The Bertz CT molecular complexity index is 1420. The number of nitrogens with one attached hydrogen (secondary N) is 2. The van der Waals surface area contributed by atoms with Crippen LogP contribution < -0.4 is 10.9 Å². The van der Waals surface area contributed by atoms with E-state index < -0.39 is 46.5 Å². The zero-order chi connectivity index (χ0) is 24.0. The molecule has 14 heteroatoms. The van der Waals surface area contributed by atoms with Gasteiger partial charge in [-0.25, -0.2) is 4.68 Å². The average Bonchev–Trinajstić information content (AvgIpc) is 3.19. The van der Waals surface area contributed by atoms with Gasteiger partial charge in [0.2, 0.25) is 0 Å². The van der Waals surface area contributed by atoms with Crippen molar-refractivity contribution < 1.29 is 31.1 Å². The Morgan fingerprint density at radius 2 is 1.76 bits per heavy atom. The van der Waals surface area contributed by atoms with E-state index in [4.69, 9.17) is 0 Å². The zero-order valence-corrected chi connectivity index (χ0v) is 16.0. The number of anilines is 1. The number of halogens is 6. The molecule has 0 saturated heterocycles. The molecule has 4 aromatic rings. The highest BCUT2D eigenvalue weighted by atomic mass is 19.4. The molecule has 0 bridgehead atoms. The minimum absolute atomic E-state index is 0.0129. The predicted octanol–water partition coefficient (Wildman–Crippen LogP) is 3.79. The first kappa shape index (κ1) is 22.0. The van der Waals surface area contributed by atoms with E-state index in [2.05, 4.69) is 20.1 Å². The van der Waals surface area contributed by atoms with Crippen LogP contribution in [-0.4, -0.2) is 30.6 Å². The summed E-state index contributed by atoms with van der Waals surface area (Å²) in [6.07, 6.45) is -5.13. The molecule has 4 heterocycles. The fourth-order valence-electron chi connectivity index (χ4n) is 3.09. The van der Waals surface area contributed by atoms with E-state index in [-0.39, 0.29) is 16.5 Å². The molecule has 0 aromatic carbocycles. The summed E-state index contributed by atoms with van der Waals surface area (Å²) in [4.78, 5) is 33.8. The molecule has 0 spiro atoms. The molecule has 0 aliphatic heterocycles. The lowest BCUT2D eigenvalue weighted by Gasteiger charge is -2.14. The van der Waals surface area contributed by atoms with Crippen LogP contribution in [0.4, 0.5) is 32.0 Å². The van der Waals surface area contributed by atoms with Crippen molar-refractivity contribution in [2.45, 2.75) is 12.4 Å². The number of carbonyl (C=O) groups excluding carboxylic acids is 1. The first-order valence-corrected chi connectivity index (χ1v) is 8.92. The molecule has 8 nitrogen and oxygen atoms in total. The number of aromatic amines is 1. The molecule has 4 rings (SSSR count). The van der Waals surface area contributed by atoms with Gasteiger partial charge in [0.05, 0.1) is 29.0 Å². The summed E-state index contributed by atoms with van der Waals surface area (Å²) in [6.45, 7) is 0. The maximum absolute atomic E-state index is 13.9. The van der Waals surface area contributed by atoms with Gasteiger partial charge in [0.25, 0.3) is 11.5 Å². The predicted molar refractivity (Wildman–Crippen MR) is 102 cm³/mol. The standard InChI is InChI=1S/C19H10F6N6O2/c20-18(21,22)14-5-9(1-3-27-14)30-17(33)12-7-29-31(15(12)19(23,24)25)13-8-26-6-11-10(13)2-4-28-16(11)32/h1-8H,(H,28,32)(H,27,30,33). The Balaban J connectivity index is 1.81. The lowest BCUT2D eigenvalue weighted by Crippen LogP contribution is -2.21. The van der Waals surface area contributed by atoms with Crippen LogP contribution in [0.3, 0.4) is 0 Å². The van der Waals surface area contributed by atoms with Crippen LogP contribution in [0.2, 0.25) is 0 Å². The second-order valence-electron chi connectivity index (χ2n) is 6.62. The summed E-state index contributed by atoms with van der Waals surface area (Å²) in [5, 5.41) is 5.70.